The molecule has 10 nitrogen and oxygen atoms in total. The number of halogens is 3. The first-order chi connectivity index (χ1) is 16.6. The van der Waals surface area contributed by atoms with E-state index in [0.29, 0.717) is 13.1 Å². The average Bonchev–Trinajstić information content (AvgIpc) is 3.28. The molecule has 0 spiro atoms. The summed E-state index contributed by atoms with van der Waals surface area (Å²) in [5.41, 5.74) is 4.64. The van der Waals surface area contributed by atoms with E-state index in [1.165, 1.54) is 22.6 Å². The molecule has 5 heterocycles. The summed E-state index contributed by atoms with van der Waals surface area (Å²) in [4.78, 5) is 14.0. The van der Waals surface area contributed by atoms with Crippen molar-refractivity contribution in [2.24, 2.45) is 0 Å². The summed E-state index contributed by atoms with van der Waals surface area (Å²) in [6, 6.07) is 9.28. The minimum Gasteiger partial charge on any atom is -0.383 e. The molecular formula is C21H19F3N8O2S. The first-order valence-corrected chi connectivity index (χ1v) is 11.9. The molecule has 182 valence electrons. The minimum atomic E-state index is -4.70. The van der Waals surface area contributed by atoms with Gasteiger partial charge in [-0.15, -0.1) is 0 Å². The van der Waals surface area contributed by atoms with Gasteiger partial charge in [0.25, 0.3) is 10.0 Å². The van der Waals surface area contributed by atoms with E-state index in [2.05, 4.69) is 20.1 Å². The largest absolute Gasteiger partial charge is 0.419 e. The van der Waals surface area contributed by atoms with Crippen molar-refractivity contribution < 1.29 is 21.6 Å². The SMILES string of the molecule is Nc1ncc(-c2ccc3ncc(S(=O)(=O)N4CCN(c5ccccn5)CC4)n3n2)cc1C(F)(F)F. The Morgan fingerprint density at radius 3 is 2.40 bits per heavy atom. The van der Waals surface area contributed by atoms with Crippen molar-refractivity contribution in [2.75, 3.05) is 36.8 Å². The average molecular weight is 504 g/mol. The summed E-state index contributed by atoms with van der Waals surface area (Å²) >= 11 is 0. The molecule has 0 unspecified atom stereocenters. The first-order valence-electron chi connectivity index (χ1n) is 10.5. The third-order valence-corrected chi connectivity index (χ3v) is 7.52. The number of imidazole rings is 1. The van der Waals surface area contributed by atoms with Crippen molar-refractivity contribution >= 4 is 27.3 Å². The van der Waals surface area contributed by atoms with Crippen molar-refractivity contribution in [3.63, 3.8) is 0 Å². The number of anilines is 2. The highest BCUT2D eigenvalue weighted by Crippen LogP contribution is 2.34. The van der Waals surface area contributed by atoms with E-state index in [4.69, 9.17) is 5.73 Å². The van der Waals surface area contributed by atoms with E-state index in [-0.39, 0.29) is 35.0 Å². The van der Waals surface area contributed by atoms with Crippen LogP contribution in [0.15, 0.2) is 60.0 Å². The van der Waals surface area contributed by atoms with E-state index < -0.39 is 27.6 Å². The monoisotopic (exact) mass is 504 g/mol. The van der Waals surface area contributed by atoms with Gasteiger partial charge in [-0.3, -0.25) is 0 Å². The molecule has 0 bridgehead atoms. The molecule has 2 N–H and O–H groups in total. The predicted octanol–water partition coefficient (Wildman–Crippen LogP) is 2.30. The molecule has 0 radical (unpaired) electrons. The molecule has 1 saturated heterocycles. The fraction of sp³-hybridized carbons (Fsp3) is 0.238. The highest BCUT2D eigenvalue weighted by molar-refractivity contribution is 7.89. The Balaban J connectivity index is 1.45. The van der Waals surface area contributed by atoms with E-state index >= 15 is 0 Å². The molecule has 1 fully saturated rings. The van der Waals surface area contributed by atoms with Gasteiger partial charge < -0.3 is 10.6 Å². The van der Waals surface area contributed by atoms with Crippen molar-refractivity contribution in [1.82, 2.24) is 28.9 Å². The van der Waals surface area contributed by atoms with Gasteiger partial charge in [-0.25, -0.2) is 27.9 Å². The Hall–Kier alpha value is -3.78. The number of hydrogen-bond acceptors (Lipinski definition) is 8. The number of rotatable bonds is 4. The van der Waals surface area contributed by atoms with Crippen LogP contribution in [0.1, 0.15) is 5.56 Å². The molecule has 1 aliphatic heterocycles. The lowest BCUT2D eigenvalue weighted by Gasteiger charge is -2.34. The van der Waals surface area contributed by atoms with Crippen LogP contribution in [0.25, 0.3) is 16.9 Å². The number of alkyl halides is 3. The molecule has 0 amide bonds. The van der Waals surface area contributed by atoms with Crippen LogP contribution in [0, 0.1) is 0 Å². The third-order valence-electron chi connectivity index (χ3n) is 5.67. The van der Waals surface area contributed by atoms with Crippen molar-refractivity contribution in [1.29, 1.82) is 0 Å². The van der Waals surface area contributed by atoms with Crippen molar-refractivity contribution in [3.8, 4) is 11.3 Å². The van der Waals surface area contributed by atoms with Gasteiger partial charge in [-0.05, 0) is 30.3 Å². The number of nitrogens with two attached hydrogens (primary N) is 1. The molecular weight excluding hydrogens is 485 g/mol. The van der Waals surface area contributed by atoms with Crippen LogP contribution in [-0.2, 0) is 16.2 Å². The number of fused-ring (bicyclic) bond motifs is 1. The number of nitrogen functional groups attached to an aromatic ring is 1. The molecule has 35 heavy (non-hydrogen) atoms. The maximum atomic E-state index is 13.4. The van der Waals surface area contributed by atoms with Crippen LogP contribution in [0.4, 0.5) is 24.8 Å². The van der Waals surface area contributed by atoms with E-state index in [0.717, 1.165) is 22.6 Å². The fourth-order valence-electron chi connectivity index (χ4n) is 3.86. The summed E-state index contributed by atoms with van der Waals surface area (Å²) in [5.74, 6) is 0.110. The van der Waals surface area contributed by atoms with Crippen molar-refractivity contribution in [2.45, 2.75) is 11.2 Å². The highest BCUT2D eigenvalue weighted by atomic mass is 32.2. The summed E-state index contributed by atoms with van der Waals surface area (Å²) in [6.45, 7) is 1.34. The van der Waals surface area contributed by atoms with Crippen LogP contribution in [-0.4, -0.2) is 63.5 Å². The molecule has 0 saturated carbocycles. The van der Waals surface area contributed by atoms with Gasteiger partial charge in [0.2, 0.25) is 0 Å². The number of nitrogens with zero attached hydrogens (tertiary/aromatic N) is 7. The second kappa shape index (κ2) is 8.46. The molecule has 5 rings (SSSR count). The van der Waals surface area contributed by atoms with E-state index in [9.17, 15) is 21.6 Å². The predicted molar refractivity (Wildman–Crippen MR) is 121 cm³/mol. The zero-order chi connectivity index (χ0) is 24.8. The molecule has 4 aromatic heterocycles. The third kappa shape index (κ3) is 4.25. The smallest absolute Gasteiger partial charge is 0.383 e. The topological polar surface area (TPSA) is 123 Å². The van der Waals surface area contributed by atoms with E-state index in [1.54, 1.807) is 12.3 Å². The Kier molecular flexibility index (Phi) is 5.56. The van der Waals surface area contributed by atoms with Gasteiger partial charge >= 0.3 is 6.18 Å². The van der Waals surface area contributed by atoms with Crippen molar-refractivity contribution in [3.05, 3.63) is 60.6 Å². The first kappa shape index (κ1) is 23.0. The van der Waals surface area contributed by atoms with Gasteiger partial charge in [0, 0.05) is 44.1 Å². The zero-order valence-electron chi connectivity index (χ0n) is 18.1. The molecule has 0 atom stereocenters. The molecule has 0 aliphatic carbocycles. The minimum absolute atomic E-state index is 0.0365. The Morgan fingerprint density at radius 1 is 0.943 bits per heavy atom. The molecule has 14 heteroatoms. The van der Waals surface area contributed by atoms with Crippen LogP contribution in [0.5, 0.6) is 0 Å². The number of hydrogen-bond donors (Lipinski definition) is 1. The van der Waals surface area contributed by atoms with E-state index in [1.807, 2.05) is 17.0 Å². The summed E-state index contributed by atoms with van der Waals surface area (Å²) in [5, 5.41) is 4.08. The number of piperazine rings is 1. The number of aromatic nitrogens is 5. The quantitative estimate of drug-likeness (QED) is 0.449. The molecule has 1 aliphatic rings. The second-order valence-electron chi connectivity index (χ2n) is 7.82. The lowest BCUT2D eigenvalue weighted by molar-refractivity contribution is -0.137. The summed E-state index contributed by atoms with van der Waals surface area (Å²) < 4.78 is 69.0. The van der Waals surface area contributed by atoms with Gasteiger partial charge in [0.05, 0.1) is 17.5 Å². The standard InChI is InChI=1S/C21H19F3N8O2S/c22-21(23,24)15-11-14(12-28-20(15)25)16-4-5-18-27-13-19(32(18)29-16)35(33,34)31-9-7-30(8-10-31)17-3-1-2-6-26-17/h1-6,11-13H,7-10H2,(H2,25,28). The van der Waals surface area contributed by atoms with Gasteiger partial charge in [0.1, 0.15) is 11.6 Å². The maximum Gasteiger partial charge on any atom is 0.419 e. The Bertz CT molecular complexity index is 1480. The van der Waals surface area contributed by atoms with Crippen LogP contribution in [0.3, 0.4) is 0 Å². The Labute approximate surface area is 197 Å². The zero-order valence-corrected chi connectivity index (χ0v) is 18.9. The molecule has 0 aromatic carbocycles. The fourth-order valence-corrected chi connectivity index (χ4v) is 5.30. The second-order valence-corrected chi connectivity index (χ2v) is 9.70. The van der Waals surface area contributed by atoms with Gasteiger partial charge in [0.15, 0.2) is 10.7 Å². The number of pyridine rings is 2. The van der Waals surface area contributed by atoms with Gasteiger partial charge in [-0.1, -0.05) is 6.07 Å². The molecule has 4 aromatic rings. The van der Waals surface area contributed by atoms with Gasteiger partial charge in [-0.2, -0.15) is 22.6 Å². The Morgan fingerprint density at radius 2 is 1.71 bits per heavy atom. The lowest BCUT2D eigenvalue weighted by Crippen LogP contribution is -2.49. The summed E-state index contributed by atoms with van der Waals surface area (Å²) in [7, 11) is -3.98. The summed E-state index contributed by atoms with van der Waals surface area (Å²) in [6.07, 6.45) is -0.678. The highest BCUT2D eigenvalue weighted by Gasteiger charge is 2.35. The number of sulfonamides is 1. The van der Waals surface area contributed by atoms with Crippen LogP contribution < -0.4 is 10.6 Å². The normalized spacial score (nSPS) is 15.6. The van der Waals surface area contributed by atoms with Crippen LogP contribution >= 0.6 is 0 Å². The maximum absolute atomic E-state index is 13.4. The van der Waals surface area contributed by atoms with Crippen LogP contribution in [0.2, 0.25) is 0 Å². The lowest BCUT2D eigenvalue weighted by atomic mass is 10.1.